The zero-order valence-corrected chi connectivity index (χ0v) is 11.3. The molecule has 0 aliphatic heterocycles. The van der Waals surface area contributed by atoms with Gasteiger partial charge < -0.3 is 20.5 Å². The van der Waals surface area contributed by atoms with Crippen LogP contribution in [0.15, 0.2) is 22.8 Å². The van der Waals surface area contributed by atoms with Crippen LogP contribution in [0.4, 0.5) is 5.82 Å². The van der Waals surface area contributed by atoms with E-state index in [2.05, 4.69) is 25.3 Å². The Balaban J connectivity index is 1.91. The van der Waals surface area contributed by atoms with Crippen LogP contribution in [-0.2, 0) is 13.0 Å². The highest BCUT2D eigenvalue weighted by Gasteiger charge is 2.12. The average Bonchev–Trinajstić information content (AvgIpc) is 3.05. The van der Waals surface area contributed by atoms with E-state index in [1.807, 2.05) is 12.1 Å². The van der Waals surface area contributed by atoms with Gasteiger partial charge in [-0.3, -0.25) is 0 Å². The van der Waals surface area contributed by atoms with Crippen LogP contribution in [0.25, 0.3) is 11.2 Å². The lowest BCUT2D eigenvalue weighted by molar-refractivity contribution is 0.518. The molecule has 0 unspecified atom stereocenters. The minimum Gasteiger partial charge on any atom is -0.467 e. The van der Waals surface area contributed by atoms with Crippen molar-refractivity contribution in [2.24, 2.45) is 5.73 Å². The molecule has 104 valence electrons. The zero-order chi connectivity index (χ0) is 13.9. The highest BCUT2D eigenvalue weighted by atomic mass is 35.5. The predicted molar refractivity (Wildman–Crippen MR) is 75.5 cm³/mol. The third-order valence-electron chi connectivity index (χ3n) is 2.76. The average molecular weight is 293 g/mol. The van der Waals surface area contributed by atoms with Crippen LogP contribution < -0.4 is 11.1 Å². The number of imidazole rings is 1. The molecule has 8 heteroatoms. The van der Waals surface area contributed by atoms with Crippen molar-refractivity contribution in [3.8, 4) is 0 Å². The maximum absolute atomic E-state index is 5.91. The molecule has 4 N–H and O–H groups in total. The molecule has 0 aliphatic carbocycles. The Morgan fingerprint density at radius 1 is 1.35 bits per heavy atom. The second kappa shape index (κ2) is 5.48. The summed E-state index contributed by atoms with van der Waals surface area (Å²) in [7, 11) is 0. The van der Waals surface area contributed by atoms with Crippen molar-refractivity contribution in [2.45, 2.75) is 13.0 Å². The number of rotatable bonds is 5. The number of H-pyrrole nitrogens is 1. The van der Waals surface area contributed by atoms with Crippen molar-refractivity contribution < 1.29 is 4.42 Å². The van der Waals surface area contributed by atoms with E-state index in [0.717, 1.165) is 11.6 Å². The lowest BCUT2D eigenvalue weighted by Gasteiger charge is -2.04. The van der Waals surface area contributed by atoms with Crippen molar-refractivity contribution in [2.75, 3.05) is 11.9 Å². The van der Waals surface area contributed by atoms with E-state index in [9.17, 15) is 0 Å². The third-order valence-corrected chi connectivity index (χ3v) is 2.93. The van der Waals surface area contributed by atoms with Gasteiger partial charge >= 0.3 is 0 Å². The summed E-state index contributed by atoms with van der Waals surface area (Å²) in [6.45, 7) is 1.01. The molecular weight excluding hydrogens is 280 g/mol. The number of halogens is 1. The van der Waals surface area contributed by atoms with Crippen LogP contribution in [0.5, 0.6) is 0 Å². The summed E-state index contributed by atoms with van der Waals surface area (Å²) in [6.07, 6.45) is 2.26. The Labute approximate surface area is 119 Å². The minimum absolute atomic E-state index is 0.144. The van der Waals surface area contributed by atoms with Gasteiger partial charge in [-0.25, -0.2) is 4.98 Å². The fourth-order valence-electron chi connectivity index (χ4n) is 1.89. The number of nitrogens with zero attached hydrogens (tertiary/aromatic N) is 3. The molecule has 0 bridgehead atoms. The number of nitrogens with two attached hydrogens (primary N) is 1. The predicted octanol–water partition coefficient (Wildman–Crippen LogP) is 1.71. The van der Waals surface area contributed by atoms with E-state index in [0.29, 0.717) is 36.5 Å². The lowest BCUT2D eigenvalue weighted by Crippen LogP contribution is -2.04. The fourth-order valence-corrected chi connectivity index (χ4v) is 2.05. The lowest BCUT2D eigenvalue weighted by atomic mass is 10.4. The summed E-state index contributed by atoms with van der Waals surface area (Å²) in [5.74, 6) is 2.15. The number of hydrogen-bond donors (Lipinski definition) is 3. The molecule has 0 aromatic carbocycles. The first-order valence-electron chi connectivity index (χ1n) is 6.14. The summed E-state index contributed by atoms with van der Waals surface area (Å²) in [4.78, 5) is 15.8. The fraction of sp³-hybridized carbons (Fsp3) is 0.250. The van der Waals surface area contributed by atoms with Crippen LogP contribution >= 0.6 is 11.6 Å². The number of nitrogens with one attached hydrogen (secondary N) is 2. The molecule has 0 spiro atoms. The summed E-state index contributed by atoms with van der Waals surface area (Å²) >= 11 is 5.91. The quantitative estimate of drug-likeness (QED) is 0.618. The Morgan fingerprint density at radius 2 is 2.25 bits per heavy atom. The van der Waals surface area contributed by atoms with E-state index >= 15 is 0 Å². The van der Waals surface area contributed by atoms with Crippen LogP contribution in [-0.4, -0.2) is 26.5 Å². The van der Waals surface area contributed by atoms with E-state index in [1.54, 1.807) is 6.26 Å². The van der Waals surface area contributed by atoms with Gasteiger partial charge in [0.05, 0.1) is 12.8 Å². The SMILES string of the molecule is NCCc1nc2nc(Cl)nc(NCc3ccco3)c2[nH]1. The van der Waals surface area contributed by atoms with Gasteiger partial charge in [0.15, 0.2) is 11.5 Å². The van der Waals surface area contributed by atoms with E-state index < -0.39 is 0 Å². The second-order valence-electron chi connectivity index (χ2n) is 4.19. The zero-order valence-electron chi connectivity index (χ0n) is 10.6. The number of anilines is 1. The molecule has 0 radical (unpaired) electrons. The van der Waals surface area contributed by atoms with Crippen LogP contribution in [0.3, 0.4) is 0 Å². The van der Waals surface area contributed by atoms with E-state index in [-0.39, 0.29) is 5.28 Å². The molecular formula is C12H13ClN6O. The number of fused-ring (bicyclic) bond motifs is 1. The van der Waals surface area contributed by atoms with Gasteiger partial charge in [-0.15, -0.1) is 0 Å². The highest BCUT2D eigenvalue weighted by molar-refractivity contribution is 6.28. The van der Waals surface area contributed by atoms with E-state index in [4.69, 9.17) is 21.8 Å². The van der Waals surface area contributed by atoms with Crippen LogP contribution in [0.1, 0.15) is 11.6 Å². The van der Waals surface area contributed by atoms with Crippen molar-refractivity contribution >= 4 is 28.6 Å². The molecule has 3 heterocycles. The van der Waals surface area contributed by atoms with Gasteiger partial charge in [0.2, 0.25) is 5.28 Å². The van der Waals surface area contributed by atoms with Crippen molar-refractivity contribution in [3.05, 3.63) is 35.3 Å². The minimum atomic E-state index is 0.144. The Kier molecular flexibility index (Phi) is 3.53. The maximum atomic E-state index is 5.91. The second-order valence-corrected chi connectivity index (χ2v) is 4.53. The Morgan fingerprint density at radius 3 is 3.00 bits per heavy atom. The topological polar surface area (TPSA) is 106 Å². The number of hydrogen-bond acceptors (Lipinski definition) is 6. The number of aromatic amines is 1. The van der Waals surface area contributed by atoms with Crippen molar-refractivity contribution in [1.29, 1.82) is 0 Å². The summed E-state index contributed by atoms with van der Waals surface area (Å²) in [5, 5.41) is 3.30. The first kappa shape index (κ1) is 12.9. The van der Waals surface area contributed by atoms with Gasteiger partial charge in [0.1, 0.15) is 17.1 Å². The molecule has 7 nitrogen and oxygen atoms in total. The molecule has 3 aromatic heterocycles. The Bertz CT molecular complexity index is 708. The summed E-state index contributed by atoms with van der Waals surface area (Å²) in [5.41, 5.74) is 6.76. The molecule has 0 fully saturated rings. The van der Waals surface area contributed by atoms with Gasteiger partial charge in [-0.1, -0.05) is 0 Å². The Hall–Kier alpha value is -2.12. The molecule has 3 rings (SSSR count). The van der Waals surface area contributed by atoms with Crippen molar-refractivity contribution in [3.63, 3.8) is 0 Å². The van der Waals surface area contributed by atoms with Crippen LogP contribution in [0, 0.1) is 0 Å². The summed E-state index contributed by atoms with van der Waals surface area (Å²) in [6, 6.07) is 3.70. The molecule has 0 saturated carbocycles. The standard InChI is InChI=1S/C12H13ClN6O/c13-12-18-10(15-6-7-2-1-5-20-7)9-11(19-12)17-8(16-9)3-4-14/h1-2,5H,3-4,6,14H2,(H2,15,16,17,18,19). The summed E-state index contributed by atoms with van der Waals surface area (Å²) < 4.78 is 5.26. The van der Waals surface area contributed by atoms with Crippen LogP contribution in [0.2, 0.25) is 5.28 Å². The van der Waals surface area contributed by atoms with Gasteiger partial charge in [0, 0.05) is 6.42 Å². The first-order chi connectivity index (χ1) is 9.76. The third kappa shape index (κ3) is 2.59. The largest absolute Gasteiger partial charge is 0.467 e. The molecule has 3 aromatic rings. The van der Waals surface area contributed by atoms with Gasteiger partial charge in [-0.2, -0.15) is 9.97 Å². The molecule has 0 saturated heterocycles. The van der Waals surface area contributed by atoms with Crippen molar-refractivity contribution in [1.82, 2.24) is 19.9 Å². The molecule has 0 aliphatic rings. The maximum Gasteiger partial charge on any atom is 0.226 e. The van der Waals surface area contributed by atoms with Gasteiger partial charge in [-0.05, 0) is 30.3 Å². The monoisotopic (exact) mass is 292 g/mol. The highest BCUT2D eigenvalue weighted by Crippen LogP contribution is 2.21. The normalized spacial score (nSPS) is 11.1. The first-order valence-corrected chi connectivity index (χ1v) is 6.52. The van der Waals surface area contributed by atoms with E-state index in [1.165, 1.54) is 0 Å². The molecule has 0 atom stereocenters. The number of furan rings is 1. The molecule has 20 heavy (non-hydrogen) atoms. The number of aromatic nitrogens is 4. The van der Waals surface area contributed by atoms with Gasteiger partial charge in [0.25, 0.3) is 0 Å². The smallest absolute Gasteiger partial charge is 0.226 e. The molecule has 0 amide bonds.